The number of alkyl halides is 2. The Morgan fingerprint density at radius 2 is 1.80 bits per heavy atom. The zero-order chi connectivity index (χ0) is 24.0. The van der Waals surface area contributed by atoms with Crippen LogP contribution in [0.25, 0.3) is 0 Å². The second-order valence-electron chi connectivity index (χ2n) is 10.6. The number of halogens is 2. The van der Waals surface area contributed by atoms with Crippen LogP contribution in [0.4, 0.5) is 26.4 Å². The standard InChI is InChI=1S/C25H33F2N7O/c26-25(27)14-17-19(15-25)28-24(34-12-6-9-20(34)23(35)33-10-4-1-5-11-33)30-22(17)29-21-13-18(31-32-21)16-7-2-3-8-16/h13,16,20H,1-12,14-15H2,(H2,28,29,30,31,32)/t20-/m0/s1. The Kier molecular flexibility index (Phi) is 5.84. The number of rotatable bonds is 5. The molecule has 0 unspecified atom stereocenters. The molecule has 1 amide bonds. The Hall–Kier alpha value is -2.78. The van der Waals surface area contributed by atoms with Crippen LogP contribution in [-0.4, -0.2) is 62.6 Å². The summed E-state index contributed by atoms with van der Waals surface area (Å²) in [4.78, 5) is 26.5. The summed E-state index contributed by atoms with van der Waals surface area (Å²) in [6.07, 6.45) is 8.74. The summed E-state index contributed by atoms with van der Waals surface area (Å²) < 4.78 is 28.9. The van der Waals surface area contributed by atoms with Crippen molar-refractivity contribution in [1.82, 2.24) is 25.1 Å². The Morgan fingerprint density at radius 3 is 2.60 bits per heavy atom. The van der Waals surface area contributed by atoms with Crippen LogP contribution in [0, 0.1) is 0 Å². The van der Waals surface area contributed by atoms with Gasteiger partial charge < -0.3 is 15.1 Å². The summed E-state index contributed by atoms with van der Waals surface area (Å²) in [5, 5.41) is 10.7. The van der Waals surface area contributed by atoms with E-state index in [0.717, 1.165) is 63.7 Å². The summed E-state index contributed by atoms with van der Waals surface area (Å²) in [6, 6.07) is 1.63. The largest absolute Gasteiger partial charge is 0.341 e. The van der Waals surface area contributed by atoms with Crippen LogP contribution in [-0.2, 0) is 17.6 Å². The molecule has 4 aliphatic rings. The van der Waals surface area contributed by atoms with Gasteiger partial charge in [0, 0.05) is 49.3 Å². The van der Waals surface area contributed by atoms with E-state index in [1.807, 2.05) is 15.9 Å². The van der Waals surface area contributed by atoms with Crippen molar-refractivity contribution < 1.29 is 13.6 Å². The molecular formula is C25H33F2N7O. The van der Waals surface area contributed by atoms with Crippen molar-refractivity contribution in [3.05, 3.63) is 23.0 Å². The van der Waals surface area contributed by atoms with E-state index in [4.69, 9.17) is 4.98 Å². The first-order chi connectivity index (χ1) is 17.0. The number of aromatic nitrogens is 4. The van der Waals surface area contributed by atoms with E-state index in [9.17, 15) is 13.6 Å². The number of nitrogens with zero attached hydrogens (tertiary/aromatic N) is 5. The molecule has 188 valence electrons. The van der Waals surface area contributed by atoms with Gasteiger partial charge in [-0.15, -0.1) is 0 Å². The fraction of sp³-hybridized carbons (Fsp3) is 0.680. The molecule has 2 aliphatic heterocycles. The van der Waals surface area contributed by atoms with Gasteiger partial charge in [0.05, 0.1) is 12.1 Å². The lowest BCUT2D eigenvalue weighted by Crippen LogP contribution is -2.48. The molecule has 8 nitrogen and oxygen atoms in total. The van der Waals surface area contributed by atoms with Crippen LogP contribution >= 0.6 is 0 Å². The summed E-state index contributed by atoms with van der Waals surface area (Å²) in [5.74, 6) is -0.942. The number of nitrogens with one attached hydrogen (secondary N) is 2. The molecule has 2 aliphatic carbocycles. The predicted molar refractivity (Wildman–Crippen MR) is 128 cm³/mol. The molecule has 10 heteroatoms. The summed E-state index contributed by atoms with van der Waals surface area (Å²) in [5.41, 5.74) is 1.89. The second kappa shape index (κ2) is 9.02. The second-order valence-corrected chi connectivity index (χ2v) is 10.6. The first-order valence-electron chi connectivity index (χ1n) is 13.1. The monoisotopic (exact) mass is 485 g/mol. The molecule has 0 radical (unpaired) electrons. The maximum atomic E-state index is 14.4. The number of H-pyrrole nitrogens is 1. The highest BCUT2D eigenvalue weighted by atomic mass is 19.3. The average Bonchev–Trinajstić information content (AvgIpc) is 3.64. The Balaban J connectivity index is 1.29. The Bertz CT molecular complexity index is 1090. The maximum absolute atomic E-state index is 14.4. The number of amides is 1. The lowest BCUT2D eigenvalue weighted by molar-refractivity contribution is -0.133. The number of hydrogen-bond donors (Lipinski definition) is 2. The molecule has 2 N–H and O–H groups in total. The number of carbonyl (C=O) groups is 1. The highest BCUT2D eigenvalue weighted by Gasteiger charge is 2.42. The summed E-state index contributed by atoms with van der Waals surface area (Å²) in [7, 11) is 0. The number of hydrogen-bond acceptors (Lipinski definition) is 6. The van der Waals surface area contributed by atoms with Crippen molar-refractivity contribution >= 4 is 23.5 Å². The van der Waals surface area contributed by atoms with Crippen LogP contribution in [0.2, 0.25) is 0 Å². The van der Waals surface area contributed by atoms with E-state index in [2.05, 4.69) is 20.5 Å². The van der Waals surface area contributed by atoms with Crippen LogP contribution in [0.3, 0.4) is 0 Å². The van der Waals surface area contributed by atoms with Crippen LogP contribution in [0.5, 0.6) is 0 Å². The molecule has 6 rings (SSSR count). The van der Waals surface area contributed by atoms with E-state index in [1.165, 1.54) is 12.8 Å². The summed E-state index contributed by atoms with van der Waals surface area (Å²) >= 11 is 0. The molecule has 35 heavy (non-hydrogen) atoms. The molecule has 4 heterocycles. The van der Waals surface area contributed by atoms with Gasteiger partial charge in [0.1, 0.15) is 11.9 Å². The third-order valence-corrected chi connectivity index (χ3v) is 8.04. The molecule has 2 aromatic rings. The SMILES string of the molecule is O=C([C@@H]1CCCN1c1nc2c(c(Nc3cc(C4CCCC4)[nH]n3)n1)CC(F)(F)C2)N1CCCCC1. The molecule has 1 atom stereocenters. The number of anilines is 3. The Labute approximate surface area is 203 Å². The number of piperidine rings is 1. The molecule has 1 saturated carbocycles. The molecule has 0 aromatic carbocycles. The lowest BCUT2D eigenvalue weighted by Gasteiger charge is -2.32. The molecule has 2 aromatic heterocycles. The van der Waals surface area contributed by atoms with Crippen molar-refractivity contribution in [3.8, 4) is 0 Å². The molecular weight excluding hydrogens is 452 g/mol. The number of carbonyl (C=O) groups excluding carboxylic acids is 1. The minimum atomic E-state index is -2.85. The third-order valence-electron chi connectivity index (χ3n) is 8.04. The average molecular weight is 486 g/mol. The van der Waals surface area contributed by atoms with Crippen molar-refractivity contribution in [3.63, 3.8) is 0 Å². The van der Waals surface area contributed by atoms with Crippen molar-refractivity contribution in [2.75, 3.05) is 29.9 Å². The van der Waals surface area contributed by atoms with E-state index in [0.29, 0.717) is 41.3 Å². The normalized spacial score (nSPS) is 24.2. The fourth-order valence-corrected chi connectivity index (χ4v) is 6.20. The topological polar surface area (TPSA) is 90.0 Å². The molecule has 0 spiro atoms. The van der Waals surface area contributed by atoms with E-state index < -0.39 is 12.3 Å². The van der Waals surface area contributed by atoms with Gasteiger partial charge in [-0.2, -0.15) is 10.1 Å². The molecule has 3 fully saturated rings. The van der Waals surface area contributed by atoms with Crippen LogP contribution < -0.4 is 10.2 Å². The minimum Gasteiger partial charge on any atom is -0.341 e. The van der Waals surface area contributed by atoms with Crippen molar-refractivity contribution in [2.45, 2.75) is 88.5 Å². The fourth-order valence-electron chi connectivity index (χ4n) is 6.20. The van der Waals surface area contributed by atoms with Crippen molar-refractivity contribution in [1.29, 1.82) is 0 Å². The summed E-state index contributed by atoms with van der Waals surface area (Å²) in [6.45, 7) is 2.22. The van der Waals surface area contributed by atoms with Gasteiger partial charge in [-0.3, -0.25) is 9.89 Å². The minimum absolute atomic E-state index is 0.111. The first-order valence-corrected chi connectivity index (χ1v) is 13.1. The smallest absolute Gasteiger partial charge is 0.257 e. The van der Waals surface area contributed by atoms with Gasteiger partial charge >= 0.3 is 0 Å². The zero-order valence-corrected chi connectivity index (χ0v) is 20.0. The lowest BCUT2D eigenvalue weighted by atomic mass is 10.0. The Morgan fingerprint density at radius 1 is 1.00 bits per heavy atom. The van der Waals surface area contributed by atoms with Gasteiger partial charge in [-0.25, -0.2) is 13.8 Å². The van der Waals surface area contributed by atoms with Crippen LogP contribution in [0.1, 0.15) is 80.7 Å². The highest BCUT2D eigenvalue weighted by molar-refractivity contribution is 5.85. The third kappa shape index (κ3) is 4.47. The molecule has 0 bridgehead atoms. The van der Waals surface area contributed by atoms with E-state index in [1.54, 1.807) is 0 Å². The number of fused-ring (bicyclic) bond motifs is 1. The van der Waals surface area contributed by atoms with E-state index in [-0.39, 0.29) is 18.4 Å². The maximum Gasteiger partial charge on any atom is 0.257 e. The predicted octanol–water partition coefficient (Wildman–Crippen LogP) is 4.32. The molecule has 2 saturated heterocycles. The number of likely N-dealkylation sites (tertiary alicyclic amines) is 1. The van der Waals surface area contributed by atoms with Gasteiger partial charge in [-0.05, 0) is 44.9 Å². The van der Waals surface area contributed by atoms with Gasteiger partial charge in [0.2, 0.25) is 11.9 Å². The number of aromatic amines is 1. The van der Waals surface area contributed by atoms with Gasteiger partial charge in [0.25, 0.3) is 5.92 Å². The van der Waals surface area contributed by atoms with Crippen LogP contribution in [0.15, 0.2) is 6.07 Å². The zero-order valence-electron chi connectivity index (χ0n) is 20.0. The highest BCUT2D eigenvalue weighted by Crippen LogP contribution is 2.40. The first kappa shape index (κ1) is 22.7. The van der Waals surface area contributed by atoms with Gasteiger partial charge in [0.15, 0.2) is 5.82 Å². The van der Waals surface area contributed by atoms with E-state index >= 15 is 0 Å². The quantitative estimate of drug-likeness (QED) is 0.656. The van der Waals surface area contributed by atoms with Crippen molar-refractivity contribution in [2.24, 2.45) is 0 Å². The van der Waals surface area contributed by atoms with Gasteiger partial charge in [-0.1, -0.05) is 12.8 Å².